The second kappa shape index (κ2) is 7.07. The average Bonchev–Trinajstić information content (AvgIpc) is 2.82. The summed E-state index contributed by atoms with van der Waals surface area (Å²) < 4.78 is 5.30. The second-order valence-electron chi connectivity index (χ2n) is 5.22. The molecule has 5 heteroatoms. The van der Waals surface area contributed by atoms with Crippen LogP contribution in [0.25, 0.3) is 0 Å². The lowest BCUT2D eigenvalue weighted by Gasteiger charge is -2.24. The Balaban J connectivity index is 1.78. The van der Waals surface area contributed by atoms with Crippen molar-refractivity contribution in [2.45, 2.75) is 19.3 Å². The van der Waals surface area contributed by atoms with E-state index >= 15 is 0 Å². The molecule has 1 atom stereocenters. The largest absolute Gasteiger partial charge is 0.381 e. The molecule has 5 nitrogen and oxygen atoms in total. The molecule has 0 aliphatic carbocycles. The van der Waals surface area contributed by atoms with Crippen LogP contribution in [-0.4, -0.2) is 68.2 Å². The number of nitrogens with two attached hydrogens (primary N) is 1. The van der Waals surface area contributed by atoms with E-state index in [1.54, 1.807) is 0 Å². The van der Waals surface area contributed by atoms with Gasteiger partial charge in [-0.15, -0.1) is 0 Å². The molecule has 0 bridgehead atoms. The van der Waals surface area contributed by atoms with Gasteiger partial charge in [-0.3, -0.25) is 4.79 Å². The summed E-state index contributed by atoms with van der Waals surface area (Å²) in [6.45, 7) is 7.00. The molecular weight excluding hydrogens is 230 g/mol. The van der Waals surface area contributed by atoms with Crippen molar-refractivity contribution in [3.63, 3.8) is 0 Å². The molecule has 0 radical (unpaired) electrons. The van der Waals surface area contributed by atoms with Crippen molar-refractivity contribution in [3.8, 4) is 0 Å². The SMILES string of the molecule is NCCCN1CCCN(C(=O)C2CCOC2)CC1. The number of carbonyl (C=O) groups excluding carboxylic acids is 1. The van der Waals surface area contributed by atoms with Gasteiger partial charge in [0.15, 0.2) is 0 Å². The second-order valence-corrected chi connectivity index (χ2v) is 5.22. The Labute approximate surface area is 109 Å². The molecule has 2 heterocycles. The van der Waals surface area contributed by atoms with Crippen molar-refractivity contribution in [1.29, 1.82) is 0 Å². The number of carbonyl (C=O) groups is 1. The maximum atomic E-state index is 12.3. The normalized spacial score (nSPS) is 26.3. The van der Waals surface area contributed by atoms with Crippen LogP contribution in [-0.2, 0) is 9.53 Å². The fourth-order valence-electron chi connectivity index (χ4n) is 2.72. The fraction of sp³-hybridized carbons (Fsp3) is 0.923. The van der Waals surface area contributed by atoms with Gasteiger partial charge in [0.1, 0.15) is 0 Å². The number of hydrogen-bond acceptors (Lipinski definition) is 4. The molecule has 1 unspecified atom stereocenters. The van der Waals surface area contributed by atoms with E-state index in [1.807, 2.05) is 4.90 Å². The molecule has 0 aromatic carbocycles. The maximum absolute atomic E-state index is 12.3. The van der Waals surface area contributed by atoms with E-state index in [-0.39, 0.29) is 5.92 Å². The number of ether oxygens (including phenoxy) is 1. The molecule has 0 aromatic rings. The molecule has 2 fully saturated rings. The summed E-state index contributed by atoms with van der Waals surface area (Å²) in [7, 11) is 0. The first kappa shape index (κ1) is 13.8. The Hall–Kier alpha value is -0.650. The summed E-state index contributed by atoms with van der Waals surface area (Å²) in [4.78, 5) is 16.7. The molecule has 1 amide bonds. The minimum atomic E-state index is 0.112. The van der Waals surface area contributed by atoms with Gasteiger partial charge in [0.05, 0.1) is 12.5 Å². The average molecular weight is 255 g/mol. The van der Waals surface area contributed by atoms with E-state index in [1.165, 1.54) is 0 Å². The van der Waals surface area contributed by atoms with E-state index in [0.717, 1.165) is 65.1 Å². The van der Waals surface area contributed by atoms with Gasteiger partial charge in [0.25, 0.3) is 0 Å². The predicted octanol–water partition coefficient (Wildman–Crippen LogP) is -0.0940. The Morgan fingerprint density at radius 3 is 2.89 bits per heavy atom. The van der Waals surface area contributed by atoms with Gasteiger partial charge in [0, 0.05) is 26.2 Å². The fourth-order valence-corrected chi connectivity index (χ4v) is 2.72. The van der Waals surface area contributed by atoms with Gasteiger partial charge < -0.3 is 20.3 Å². The van der Waals surface area contributed by atoms with Crippen molar-refractivity contribution < 1.29 is 9.53 Å². The van der Waals surface area contributed by atoms with Crippen LogP contribution >= 0.6 is 0 Å². The predicted molar refractivity (Wildman–Crippen MR) is 70.2 cm³/mol. The van der Waals surface area contributed by atoms with Crippen molar-refractivity contribution >= 4 is 5.91 Å². The third kappa shape index (κ3) is 3.67. The van der Waals surface area contributed by atoms with Crippen LogP contribution in [0, 0.1) is 5.92 Å². The van der Waals surface area contributed by atoms with Crippen LogP contribution in [0.5, 0.6) is 0 Å². The molecule has 2 saturated heterocycles. The summed E-state index contributed by atoms with van der Waals surface area (Å²) in [5.74, 6) is 0.411. The lowest BCUT2D eigenvalue weighted by molar-refractivity contribution is -0.135. The highest BCUT2D eigenvalue weighted by Crippen LogP contribution is 2.16. The van der Waals surface area contributed by atoms with Gasteiger partial charge >= 0.3 is 0 Å². The highest BCUT2D eigenvalue weighted by molar-refractivity contribution is 5.79. The van der Waals surface area contributed by atoms with Gasteiger partial charge in [-0.1, -0.05) is 0 Å². The van der Waals surface area contributed by atoms with Crippen molar-refractivity contribution in [3.05, 3.63) is 0 Å². The summed E-state index contributed by atoms with van der Waals surface area (Å²) in [5.41, 5.74) is 5.54. The van der Waals surface area contributed by atoms with Gasteiger partial charge in [-0.05, 0) is 38.9 Å². The zero-order valence-corrected chi connectivity index (χ0v) is 11.1. The Morgan fingerprint density at radius 1 is 1.28 bits per heavy atom. The van der Waals surface area contributed by atoms with Crippen molar-refractivity contribution in [1.82, 2.24) is 9.80 Å². The Morgan fingerprint density at radius 2 is 2.17 bits per heavy atom. The van der Waals surface area contributed by atoms with Crippen LogP contribution in [0.1, 0.15) is 19.3 Å². The van der Waals surface area contributed by atoms with Gasteiger partial charge in [-0.25, -0.2) is 0 Å². The lowest BCUT2D eigenvalue weighted by atomic mass is 10.1. The smallest absolute Gasteiger partial charge is 0.228 e. The number of nitrogens with zero attached hydrogens (tertiary/aromatic N) is 2. The number of rotatable bonds is 4. The monoisotopic (exact) mass is 255 g/mol. The topological polar surface area (TPSA) is 58.8 Å². The Kier molecular flexibility index (Phi) is 5.41. The molecule has 0 spiro atoms. The summed E-state index contributed by atoms with van der Waals surface area (Å²) in [6, 6.07) is 0. The quantitative estimate of drug-likeness (QED) is 0.762. The first-order chi connectivity index (χ1) is 8.81. The van der Waals surface area contributed by atoms with E-state index < -0.39 is 0 Å². The zero-order chi connectivity index (χ0) is 12.8. The van der Waals surface area contributed by atoms with Crippen molar-refractivity contribution in [2.75, 3.05) is 52.5 Å². The molecule has 2 aliphatic heterocycles. The molecule has 2 N–H and O–H groups in total. The highest BCUT2D eigenvalue weighted by atomic mass is 16.5. The molecule has 0 aromatic heterocycles. The minimum Gasteiger partial charge on any atom is -0.381 e. The van der Waals surface area contributed by atoms with E-state index in [9.17, 15) is 4.79 Å². The van der Waals surface area contributed by atoms with Crippen LogP contribution in [0.4, 0.5) is 0 Å². The molecule has 0 saturated carbocycles. The standard InChI is InChI=1S/C13H25N3O2/c14-4-1-5-15-6-2-7-16(9-8-15)13(17)12-3-10-18-11-12/h12H,1-11,14H2. The van der Waals surface area contributed by atoms with Gasteiger partial charge in [0.2, 0.25) is 5.91 Å². The van der Waals surface area contributed by atoms with Gasteiger partial charge in [-0.2, -0.15) is 0 Å². The molecule has 104 valence electrons. The molecule has 2 aliphatic rings. The van der Waals surface area contributed by atoms with E-state index in [4.69, 9.17) is 10.5 Å². The Bertz CT molecular complexity index is 267. The molecule has 2 rings (SSSR count). The van der Waals surface area contributed by atoms with Crippen LogP contribution in [0.15, 0.2) is 0 Å². The van der Waals surface area contributed by atoms with Crippen LogP contribution < -0.4 is 5.73 Å². The minimum absolute atomic E-state index is 0.112. The first-order valence-electron chi connectivity index (χ1n) is 7.10. The summed E-state index contributed by atoms with van der Waals surface area (Å²) in [5, 5.41) is 0. The highest BCUT2D eigenvalue weighted by Gasteiger charge is 2.28. The van der Waals surface area contributed by atoms with Crippen LogP contribution in [0.2, 0.25) is 0 Å². The lowest BCUT2D eigenvalue weighted by Crippen LogP contribution is -2.39. The molecule has 18 heavy (non-hydrogen) atoms. The van der Waals surface area contributed by atoms with Crippen LogP contribution in [0.3, 0.4) is 0 Å². The van der Waals surface area contributed by atoms with E-state index in [2.05, 4.69) is 4.90 Å². The molecular formula is C13H25N3O2. The number of amides is 1. The maximum Gasteiger partial charge on any atom is 0.228 e. The summed E-state index contributed by atoms with van der Waals surface area (Å²) in [6.07, 6.45) is 3.01. The van der Waals surface area contributed by atoms with E-state index in [0.29, 0.717) is 12.5 Å². The zero-order valence-electron chi connectivity index (χ0n) is 11.1. The van der Waals surface area contributed by atoms with Crippen molar-refractivity contribution in [2.24, 2.45) is 11.7 Å². The number of hydrogen-bond donors (Lipinski definition) is 1. The third-order valence-corrected chi connectivity index (χ3v) is 3.86. The summed E-state index contributed by atoms with van der Waals surface area (Å²) >= 11 is 0. The first-order valence-corrected chi connectivity index (χ1v) is 7.10. The third-order valence-electron chi connectivity index (χ3n) is 3.86.